The molecule has 0 radical (unpaired) electrons. The minimum Gasteiger partial charge on any atom is -0.354 e. The molecule has 0 saturated heterocycles. The van der Waals surface area contributed by atoms with Crippen LogP contribution in [0.5, 0.6) is 0 Å². The van der Waals surface area contributed by atoms with E-state index in [2.05, 4.69) is 27.5 Å². The second-order valence-electron chi connectivity index (χ2n) is 8.40. The van der Waals surface area contributed by atoms with Crippen molar-refractivity contribution in [2.24, 2.45) is 5.92 Å². The van der Waals surface area contributed by atoms with Gasteiger partial charge in [-0.3, -0.25) is 9.59 Å². The highest BCUT2D eigenvalue weighted by atomic mass is 16.2. The molecule has 2 unspecified atom stereocenters. The van der Waals surface area contributed by atoms with Gasteiger partial charge in [0, 0.05) is 13.1 Å². The van der Waals surface area contributed by atoms with Crippen LogP contribution >= 0.6 is 0 Å². The van der Waals surface area contributed by atoms with Gasteiger partial charge in [-0.1, -0.05) is 31.2 Å². The number of hydrogen-bond acceptors (Lipinski definition) is 4. The van der Waals surface area contributed by atoms with Crippen molar-refractivity contribution in [1.29, 1.82) is 0 Å². The number of carbonyl (C=O) groups excluding carboxylic acids is 2. The van der Waals surface area contributed by atoms with Gasteiger partial charge in [-0.05, 0) is 50.5 Å². The number of aromatic nitrogens is 4. The number of nitrogens with zero attached hydrogens (tertiary/aromatic N) is 4. The number of rotatable bonds is 9. The highest BCUT2D eigenvalue weighted by Gasteiger charge is 2.20. The van der Waals surface area contributed by atoms with E-state index in [0.717, 1.165) is 28.5 Å². The molecule has 33 heavy (non-hydrogen) atoms. The molecule has 0 spiro atoms. The average Bonchev–Trinajstić information content (AvgIpc) is 3.47. The lowest BCUT2D eigenvalue weighted by molar-refractivity contribution is -0.124. The topological polar surface area (TPSA) is 93.8 Å². The van der Waals surface area contributed by atoms with Gasteiger partial charge in [-0.15, -0.1) is 0 Å². The summed E-state index contributed by atoms with van der Waals surface area (Å²) in [5, 5.41) is 6.07. The first-order valence-electron chi connectivity index (χ1n) is 11.4. The van der Waals surface area contributed by atoms with Crippen molar-refractivity contribution in [2.75, 3.05) is 13.1 Å². The van der Waals surface area contributed by atoms with Crippen LogP contribution in [0.2, 0.25) is 0 Å². The summed E-state index contributed by atoms with van der Waals surface area (Å²) in [6.07, 6.45) is 4.24. The highest BCUT2D eigenvalue weighted by Crippen LogP contribution is 2.19. The molecule has 0 aliphatic heterocycles. The van der Waals surface area contributed by atoms with Gasteiger partial charge in [-0.25, -0.2) is 9.97 Å². The molecule has 0 aliphatic carbocycles. The zero-order valence-electron chi connectivity index (χ0n) is 19.2. The van der Waals surface area contributed by atoms with Gasteiger partial charge < -0.3 is 19.8 Å². The van der Waals surface area contributed by atoms with Crippen LogP contribution in [0.1, 0.15) is 39.3 Å². The Morgan fingerprint density at radius 3 is 1.64 bits per heavy atom. The number of hydrogen-bond donors (Lipinski definition) is 2. The predicted octanol–water partition coefficient (Wildman–Crippen LogP) is 3.47. The van der Waals surface area contributed by atoms with E-state index in [-0.39, 0.29) is 29.8 Å². The van der Waals surface area contributed by atoms with Crippen molar-refractivity contribution in [1.82, 2.24) is 29.7 Å². The molecule has 0 fully saturated rings. The van der Waals surface area contributed by atoms with E-state index in [0.29, 0.717) is 13.1 Å². The molecule has 2 atom stereocenters. The second kappa shape index (κ2) is 9.85. The Bertz CT molecular complexity index is 1160. The molecule has 0 bridgehead atoms. The Kier molecular flexibility index (Phi) is 6.72. The fourth-order valence-corrected chi connectivity index (χ4v) is 3.97. The van der Waals surface area contributed by atoms with E-state index >= 15 is 0 Å². The SMILES string of the molecule is CCC(CNC(=O)C(C)n1cnc2ccccc21)CNC(=O)C(C)n1cnc2ccccc21. The van der Waals surface area contributed by atoms with E-state index < -0.39 is 0 Å². The number of nitrogens with one attached hydrogen (secondary N) is 2. The van der Waals surface area contributed by atoms with Gasteiger partial charge in [0.15, 0.2) is 0 Å². The Morgan fingerprint density at radius 1 is 0.788 bits per heavy atom. The summed E-state index contributed by atoms with van der Waals surface area (Å²) in [4.78, 5) is 34.3. The molecule has 2 aromatic heterocycles. The summed E-state index contributed by atoms with van der Waals surface area (Å²) >= 11 is 0. The number of carbonyl (C=O) groups is 2. The third-order valence-electron chi connectivity index (χ3n) is 6.26. The maximum absolute atomic E-state index is 12.8. The monoisotopic (exact) mass is 446 g/mol. The minimum absolute atomic E-state index is 0.0683. The minimum atomic E-state index is -0.376. The van der Waals surface area contributed by atoms with Crippen molar-refractivity contribution < 1.29 is 9.59 Å². The first-order valence-corrected chi connectivity index (χ1v) is 11.4. The smallest absolute Gasteiger partial charge is 0.242 e. The maximum Gasteiger partial charge on any atom is 0.242 e. The van der Waals surface area contributed by atoms with Crippen LogP contribution in [-0.2, 0) is 9.59 Å². The van der Waals surface area contributed by atoms with E-state index in [9.17, 15) is 9.59 Å². The summed E-state index contributed by atoms with van der Waals surface area (Å²) in [6.45, 7) is 6.78. The molecule has 2 amide bonds. The van der Waals surface area contributed by atoms with Crippen LogP contribution in [0.3, 0.4) is 0 Å². The summed E-state index contributed by atoms with van der Waals surface area (Å²) in [6, 6.07) is 14.8. The summed E-state index contributed by atoms with van der Waals surface area (Å²) in [7, 11) is 0. The number of imidazole rings is 2. The molecule has 172 valence electrons. The van der Waals surface area contributed by atoms with Gasteiger partial charge >= 0.3 is 0 Å². The summed E-state index contributed by atoms with van der Waals surface area (Å²) in [5.74, 6) is -0.00118. The molecule has 8 heteroatoms. The second-order valence-corrected chi connectivity index (χ2v) is 8.40. The highest BCUT2D eigenvalue weighted by molar-refractivity contribution is 5.84. The number of para-hydroxylation sites is 4. The van der Waals surface area contributed by atoms with Gasteiger partial charge in [-0.2, -0.15) is 0 Å². The Morgan fingerprint density at radius 2 is 1.21 bits per heavy atom. The fraction of sp³-hybridized carbons (Fsp3) is 0.360. The summed E-state index contributed by atoms with van der Waals surface area (Å²) in [5.41, 5.74) is 3.60. The first kappa shape index (κ1) is 22.5. The van der Waals surface area contributed by atoms with Crippen molar-refractivity contribution >= 4 is 33.9 Å². The molecule has 4 aromatic rings. The normalized spacial score (nSPS) is 14.2. The fourth-order valence-electron chi connectivity index (χ4n) is 3.97. The Balaban J connectivity index is 1.31. The zero-order chi connectivity index (χ0) is 23.4. The largest absolute Gasteiger partial charge is 0.354 e. The lowest BCUT2D eigenvalue weighted by Crippen LogP contribution is -2.40. The Labute approximate surface area is 193 Å². The van der Waals surface area contributed by atoms with Crippen molar-refractivity contribution in [3.05, 3.63) is 61.2 Å². The van der Waals surface area contributed by atoms with E-state index in [1.807, 2.05) is 71.5 Å². The number of fused-ring (bicyclic) bond motifs is 2. The molecule has 4 rings (SSSR count). The van der Waals surface area contributed by atoms with Gasteiger partial charge in [0.1, 0.15) is 12.1 Å². The van der Waals surface area contributed by atoms with Crippen molar-refractivity contribution in [2.45, 2.75) is 39.3 Å². The van der Waals surface area contributed by atoms with Crippen LogP contribution in [0.15, 0.2) is 61.2 Å². The third-order valence-corrected chi connectivity index (χ3v) is 6.26. The molecule has 0 saturated carbocycles. The zero-order valence-corrected chi connectivity index (χ0v) is 19.2. The van der Waals surface area contributed by atoms with Crippen LogP contribution in [0.25, 0.3) is 22.1 Å². The van der Waals surface area contributed by atoms with E-state index in [1.54, 1.807) is 12.7 Å². The third kappa shape index (κ3) is 4.74. The number of benzene rings is 2. The number of amides is 2. The molecule has 8 nitrogen and oxygen atoms in total. The maximum atomic E-state index is 12.8. The van der Waals surface area contributed by atoms with Gasteiger partial charge in [0.25, 0.3) is 0 Å². The molecule has 0 aliphatic rings. The van der Waals surface area contributed by atoms with E-state index in [1.165, 1.54) is 0 Å². The first-order chi connectivity index (χ1) is 16.0. The molecule has 2 heterocycles. The lowest BCUT2D eigenvalue weighted by Gasteiger charge is -2.21. The molecular weight excluding hydrogens is 416 g/mol. The van der Waals surface area contributed by atoms with Crippen LogP contribution in [-0.4, -0.2) is 44.0 Å². The quantitative estimate of drug-likeness (QED) is 0.412. The lowest BCUT2D eigenvalue weighted by atomic mass is 10.1. The summed E-state index contributed by atoms with van der Waals surface area (Å²) < 4.78 is 3.76. The standard InChI is InChI=1S/C25H30N6O2/c1-4-19(13-26-24(32)17(2)30-15-28-20-9-5-7-11-22(20)30)14-27-25(33)18(3)31-16-29-21-10-6-8-12-23(21)31/h5-12,15-19H,4,13-14H2,1-3H3,(H,26,32)(H,27,33). The Hall–Kier alpha value is -3.68. The van der Waals surface area contributed by atoms with Crippen LogP contribution < -0.4 is 10.6 Å². The average molecular weight is 447 g/mol. The van der Waals surface area contributed by atoms with Crippen molar-refractivity contribution in [3.63, 3.8) is 0 Å². The molecule has 2 aromatic carbocycles. The van der Waals surface area contributed by atoms with Gasteiger partial charge in [0.2, 0.25) is 11.8 Å². The predicted molar refractivity (Wildman–Crippen MR) is 129 cm³/mol. The van der Waals surface area contributed by atoms with Crippen molar-refractivity contribution in [3.8, 4) is 0 Å². The molecular formula is C25H30N6O2. The van der Waals surface area contributed by atoms with Gasteiger partial charge in [0.05, 0.1) is 34.7 Å². The van der Waals surface area contributed by atoms with Crippen LogP contribution in [0.4, 0.5) is 0 Å². The van der Waals surface area contributed by atoms with E-state index in [4.69, 9.17) is 0 Å². The van der Waals surface area contributed by atoms with Crippen LogP contribution in [0, 0.1) is 5.92 Å². The molecule has 2 N–H and O–H groups in total.